The summed E-state index contributed by atoms with van der Waals surface area (Å²) in [6, 6.07) is 2.64. The molecule has 1 aliphatic heterocycles. The van der Waals surface area contributed by atoms with Crippen molar-refractivity contribution in [3.05, 3.63) is 24.2 Å². The van der Waals surface area contributed by atoms with Crippen molar-refractivity contribution >= 4 is 23.6 Å². The molecule has 0 bridgehead atoms. The molecule has 27 heavy (non-hydrogen) atoms. The number of amides is 2. The number of hydrogen-bond acceptors (Lipinski definition) is 6. The first-order chi connectivity index (χ1) is 13.0. The average molecular weight is 398 g/mol. The lowest BCUT2D eigenvalue weighted by atomic mass is 10.1. The van der Waals surface area contributed by atoms with Crippen LogP contribution in [0.5, 0.6) is 0 Å². The summed E-state index contributed by atoms with van der Waals surface area (Å²) >= 11 is 1.64. The number of ether oxygens (including phenoxy) is 1. The first-order valence-corrected chi connectivity index (χ1v) is 10.8. The van der Waals surface area contributed by atoms with Gasteiger partial charge in [-0.2, -0.15) is 11.8 Å². The second kappa shape index (κ2) is 11.4. The van der Waals surface area contributed by atoms with Crippen LogP contribution >= 0.6 is 11.8 Å². The van der Waals surface area contributed by atoms with E-state index < -0.39 is 6.04 Å². The van der Waals surface area contributed by atoms with E-state index in [-0.39, 0.29) is 23.7 Å². The molecule has 0 radical (unpaired) electrons. The first kappa shape index (κ1) is 21.8. The summed E-state index contributed by atoms with van der Waals surface area (Å²) in [5.74, 6) is 1.02. The van der Waals surface area contributed by atoms with Gasteiger partial charge in [0.15, 0.2) is 5.76 Å². The zero-order valence-corrected chi connectivity index (χ0v) is 17.2. The van der Waals surface area contributed by atoms with E-state index in [2.05, 4.69) is 29.4 Å². The Morgan fingerprint density at radius 3 is 2.89 bits per heavy atom. The molecule has 2 N–H and O–H groups in total. The fourth-order valence-electron chi connectivity index (χ4n) is 3.07. The van der Waals surface area contributed by atoms with Gasteiger partial charge in [-0.25, -0.2) is 0 Å². The normalized spacial score (nSPS) is 19.0. The van der Waals surface area contributed by atoms with Gasteiger partial charge in [0.1, 0.15) is 6.04 Å². The van der Waals surface area contributed by atoms with Crippen molar-refractivity contribution in [2.45, 2.75) is 32.4 Å². The molecule has 2 amide bonds. The average Bonchev–Trinajstić information content (AvgIpc) is 3.17. The fourth-order valence-corrected chi connectivity index (χ4v) is 3.54. The van der Waals surface area contributed by atoms with E-state index >= 15 is 0 Å². The Morgan fingerprint density at radius 2 is 2.22 bits per heavy atom. The van der Waals surface area contributed by atoms with Crippen LogP contribution in [0.2, 0.25) is 0 Å². The van der Waals surface area contributed by atoms with Crippen LogP contribution in [0.15, 0.2) is 22.8 Å². The summed E-state index contributed by atoms with van der Waals surface area (Å²) in [5.41, 5.74) is 0. The van der Waals surface area contributed by atoms with Crippen LogP contribution < -0.4 is 10.6 Å². The number of nitrogens with one attached hydrogen (secondary N) is 2. The Labute approximate surface area is 165 Å². The molecule has 0 aliphatic carbocycles. The van der Waals surface area contributed by atoms with Gasteiger partial charge in [0, 0.05) is 26.2 Å². The Balaban J connectivity index is 1.84. The summed E-state index contributed by atoms with van der Waals surface area (Å²) in [7, 11) is 0. The monoisotopic (exact) mass is 397 g/mol. The molecule has 2 rings (SSSR count). The minimum atomic E-state index is -0.592. The first-order valence-electron chi connectivity index (χ1n) is 9.44. The number of carbonyl (C=O) groups is 2. The summed E-state index contributed by atoms with van der Waals surface area (Å²) < 4.78 is 10.9. The van der Waals surface area contributed by atoms with Crippen LogP contribution in [0.3, 0.4) is 0 Å². The predicted molar refractivity (Wildman–Crippen MR) is 107 cm³/mol. The highest BCUT2D eigenvalue weighted by atomic mass is 32.2. The minimum absolute atomic E-state index is 0.0246. The maximum atomic E-state index is 12.6. The molecule has 0 unspecified atom stereocenters. The van der Waals surface area contributed by atoms with Gasteiger partial charge in [-0.15, -0.1) is 0 Å². The summed E-state index contributed by atoms with van der Waals surface area (Å²) in [5, 5.41) is 5.71. The van der Waals surface area contributed by atoms with Crippen LogP contribution in [0.25, 0.3) is 0 Å². The number of nitrogens with zero attached hydrogens (tertiary/aromatic N) is 1. The molecule has 8 heteroatoms. The zero-order chi connectivity index (χ0) is 19.6. The van der Waals surface area contributed by atoms with Crippen molar-refractivity contribution in [2.24, 2.45) is 5.92 Å². The Bertz CT molecular complexity index is 580. The quantitative estimate of drug-likeness (QED) is 0.624. The largest absolute Gasteiger partial charge is 0.459 e. The molecule has 152 valence electrons. The standard InChI is InChI=1S/C19H31N3O4S/c1-14(2)12-22-7-9-25-15(13-22)11-20-18(23)16(6-10-27-3)21-19(24)17-5-4-8-26-17/h4-5,8,14-16H,6-7,9-13H2,1-3H3,(H,20,23)(H,21,24)/t15-,16-/m1/s1. The molecule has 1 aliphatic rings. The number of furan rings is 1. The van der Waals surface area contributed by atoms with Gasteiger partial charge in [0.05, 0.1) is 19.0 Å². The molecular formula is C19H31N3O4S. The molecule has 2 atom stereocenters. The number of morpholine rings is 1. The van der Waals surface area contributed by atoms with Gasteiger partial charge in [-0.05, 0) is 36.5 Å². The number of hydrogen-bond donors (Lipinski definition) is 2. The summed E-state index contributed by atoms with van der Waals surface area (Å²) in [4.78, 5) is 27.2. The van der Waals surface area contributed by atoms with E-state index in [1.807, 2.05) is 6.26 Å². The van der Waals surface area contributed by atoms with Crippen molar-refractivity contribution in [3.63, 3.8) is 0 Å². The molecule has 7 nitrogen and oxygen atoms in total. The Kier molecular flexibility index (Phi) is 9.17. The van der Waals surface area contributed by atoms with Gasteiger partial charge in [0.25, 0.3) is 5.91 Å². The van der Waals surface area contributed by atoms with Crippen molar-refractivity contribution in [3.8, 4) is 0 Å². The zero-order valence-electron chi connectivity index (χ0n) is 16.4. The van der Waals surface area contributed by atoms with E-state index in [9.17, 15) is 9.59 Å². The third-order valence-corrected chi connectivity index (χ3v) is 4.97. The third-order valence-electron chi connectivity index (χ3n) is 4.33. The Hall–Kier alpha value is -1.51. The molecule has 2 heterocycles. The molecule has 1 aromatic heterocycles. The van der Waals surface area contributed by atoms with E-state index in [1.54, 1.807) is 23.9 Å². The van der Waals surface area contributed by atoms with Gasteiger partial charge < -0.3 is 19.8 Å². The maximum Gasteiger partial charge on any atom is 0.287 e. The van der Waals surface area contributed by atoms with Crippen LogP contribution in [0.1, 0.15) is 30.8 Å². The van der Waals surface area contributed by atoms with Gasteiger partial charge in [0.2, 0.25) is 5.91 Å². The molecule has 1 fully saturated rings. The lowest BCUT2D eigenvalue weighted by Gasteiger charge is -2.34. The molecular weight excluding hydrogens is 366 g/mol. The minimum Gasteiger partial charge on any atom is -0.459 e. The lowest BCUT2D eigenvalue weighted by Crippen LogP contribution is -2.52. The van der Waals surface area contributed by atoms with Crippen molar-refractivity contribution in [1.29, 1.82) is 0 Å². The SMILES string of the molecule is CSCC[C@@H](NC(=O)c1ccco1)C(=O)NC[C@@H]1CN(CC(C)C)CCO1. The molecule has 0 saturated carbocycles. The second-order valence-corrected chi connectivity index (χ2v) is 8.16. The van der Waals surface area contributed by atoms with Crippen LogP contribution in [0.4, 0.5) is 0 Å². The van der Waals surface area contributed by atoms with Gasteiger partial charge in [-0.1, -0.05) is 13.8 Å². The van der Waals surface area contributed by atoms with Crippen molar-refractivity contribution < 1.29 is 18.7 Å². The highest BCUT2D eigenvalue weighted by Crippen LogP contribution is 2.08. The van der Waals surface area contributed by atoms with E-state index in [1.165, 1.54) is 6.26 Å². The lowest BCUT2D eigenvalue weighted by molar-refractivity contribution is -0.124. The smallest absolute Gasteiger partial charge is 0.287 e. The van der Waals surface area contributed by atoms with Crippen LogP contribution in [-0.2, 0) is 9.53 Å². The topological polar surface area (TPSA) is 83.8 Å². The van der Waals surface area contributed by atoms with Crippen LogP contribution in [0, 0.1) is 5.92 Å². The Morgan fingerprint density at radius 1 is 1.41 bits per heavy atom. The highest BCUT2D eigenvalue weighted by molar-refractivity contribution is 7.98. The van der Waals surface area contributed by atoms with Crippen molar-refractivity contribution in [1.82, 2.24) is 15.5 Å². The predicted octanol–water partition coefficient (Wildman–Crippen LogP) is 1.60. The van der Waals surface area contributed by atoms with Gasteiger partial charge in [-0.3, -0.25) is 14.5 Å². The molecule has 0 aromatic carbocycles. The van der Waals surface area contributed by atoms with Crippen molar-refractivity contribution in [2.75, 3.05) is 44.8 Å². The number of thioether (sulfide) groups is 1. The number of rotatable bonds is 10. The van der Waals surface area contributed by atoms with E-state index in [0.29, 0.717) is 25.5 Å². The van der Waals surface area contributed by atoms with Gasteiger partial charge >= 0.3 is 0 Å². The number of carbonyl (C=O) groups excluding carboxylic acids is 2. The molecule has 1 saturated heterocycles. The molecule has 0 spiro atoms. The highest BCUT2D eigenvalue weighted by Gasteiger charge is 2.25. The summed E-state index contributed by atoms with van der Waals surface area (Å²) in [6.07, 6.45) is 3.95. The van der Waals surface area contributed by atoms with E-state index in [0.717, 1.165) is 25.4 Å². The van der Waals surface area contributed by atoms with Crippen LogP contribution in [-0.4, -0.2) is 73.7 Å². The second-order valence-electron chi connectivity index (χ2n) is 7.18. The molecule has 1 aromatic rings. The van der Waals surface area contributed by atoms with E-state index in [4.69, 9.17) is 9.15 Å². The fraction of sp³-hybridized carbons (Fsp3) is 0.684. The third kappa shape index (κ3) is 7.56. The summed E-state index contributed by atoms with van der Waals surface area (Å²) in [6.45, 7) is 8.29. The maximum absolute atomic E-state index is 12.6.